The van der Waals surface area contributed by atoms with E-state index in [0.29, 0.717) is 11.3 Å². The first-order valence-corrected chi connectivity index (χ1v) is 7.06. The number of carbonyl (C=O) groups is 1. The molecule has 0 unspecified atom stereocenters. The molecule has 0 aliphatic rings. The van der Waals surface area contributed by atoms with Gasteiger partial charge in [-0.2, -0.15) is 0 Å². The van der Waals surface area contributed by atoms with Crippen molar-refractivity contribution in [3.63, 3.8) is 0 Å². The number of fused-ring (bicyclic) bond motifs is 1. The summed E-state index contributed by atoms with van der Waals surface area (Å²) >= 11 is 0. The molecule has 0 heterocycles. The molecule has 0 aliphatic carbocycles. The molecule has 0 spiro atoms. The predicted molar refractivity (Wildman–Crippen MR) is 93.1 cm³/mol. The molecular weight excluding hydrogens is 384 g/mol. The van der Waals surface area contributed by atoms with Gasteiger partial charge in [0.05, 0.1) is 7.11 Å². The summed E-state index contributed by atoms with van der Waals surface area (Å²) < 4.78 is 27.9. The van der Waals surface area contributed by atoms with Gasteiger partial charge >= 0.3 is 33.9 Å². The van der Waals surface area contributed by atoms with Gasteiger partial charge in [0.2, 0.25) is 0 Å². The summed E-state index contributed by atoms with van der Waals surface area (Å²) in [6.07, 6.45) is 0.875. The van der Waals surface area contributed by atoms with Crippen molar-refractivity contribution in [3.05, 3.63) is 86.2 Å². The van der Waals surface area contributed by atoms with Crippen LogP contribution in [-0.2, 0) is 31.3 Å². The molecule has 0 saturated carbocycles. The molecule has 0 N–H and O–H groups in total. The van der Waals surface area contributed by atoms with Crippen molar-refractivity contribution in [2.75, 3.05) is 7.11 Å². The van der Waals surface area contributed by atoms with E-state index in [4.69, 9.17) is 18.7 Å². The Morgan fingerprint density at radius 1 is 0.815 bits per heavy atom. The van der Waals surface area contributed by atoms with Gasteiger partial charge in [-0.3, -0.25) is 4.79 Å². The first-order valence-electron chi connectivity index (χ1n) is 7.06. The number of methoxy groups -OCH3 is 1. The fourth-order valence-electron chi connectivity index (χ4n) is 2.55. The van der Waals surface area contributed by atoms with Crippen LogP contribution in [0, 0.1) is 20.0 Å². The molecule has 3 aromatic carbocycles. The van der Waals surface area contributed by atoms with Crippen molar-refractivity contribution >= 4 is 17.1 Å². The van der Waals surface area contributed by atoms with Crippen molar-refractivity contribution < 1.29 is 40.8 Å². The zero-order valence-electron chi connectivity index (χ0n) is 14.3. The molecule has 0 aliphatic heterocycles. The molecule has 0 atom stereocenters. The number of hydrogen-bond donors (Lipinski definition) is 0. The van der Waals surface area contributed by atoms with E-state index in [1.54, 1.807) is 7.11 Å². The van der Waals surface area contributed by atoms with Crippen molar-refractivity contribution in [2.24, 2.45) is 0 Å². The van der Waals surface area contributed by atoms with E-state index in [0.717, 1.165) is 28.2 Å². The van der Waals surface area contributed by atoms with Gasteiger partial charge in [-0.25, -0.2) is 0 Å². The monoisotopic (exact) mass is 398 g/mol. The average molecular weight is 398 g/mol. The van der Waals surface area contributed by atoms with E-state index in [2.05, 4.69) is 38.2 Å². The van der Waals surface area contributed by atoms with Crippen molar-refractivity contribution in [3.8, 4) is 16.9 Å². The van der Waals surface area contributed by atoms with Crippen LogP contribution in [-0.4, -0.2) is 13.4 Å². The summed E-state index contributed by atoms with van der Waals surface area (Å²) in [6, 6.07) is 19.7. The maximum Gasteiger partial charge on any atom is 0 e. The summed E-state index contributed by atoms with van der Waals surface area (Å²) in [5.74, 6) is 0.714. The van der Waals surface area contributed by atoms with Crippen molar-refractivity contribution in [2.45, 2.75) is 0 Å². The van der Waals surface area contributed by atoms with E-state index in [9.17, 15) is 4.79 Å². The third-order valence-corrected chi connectivity index (χ3v) is 3.46. The molecule has 0 saturated heterocycles. The Balaban J connectivity index is 0. The van der Waals surface area contributed by atoms with Crippen LogP contribution >= 0.6 is 0 Å². The molecule has 0 aromatic heterocycles. The number of hydrogen-bond acceptors (Lipinski definition) is 2. The van der Waals surface area contributed by atoms with Gasteiger partial charge < -0.3 is 4.74 Å². The number of rotatable bonds is 3. The Labute approximate surface area is 168 Å². The standard InChI is InChI=1S/C18H14O2.3CO.Cr/c1-20-17-11-5-8-14(12-19)18(17)16-10-4-7-13-6-2-3-9-15(13)16;3*1-2;/h2-12H,1H3;;;;. The quantitative estimate of drug-likeness (QED) is 0.376. The molecule has 0 radical (unpaired) electrons. The predicted octanol–water partition coefficient (Wildman–Crippen LogP) is 4.21. The third kappa shape index (κ3) is 6.42. The zero-order chi connectivity index (χ0) is 19.9. The fourth-order valence-corrected chi connectivity index (χ4v) is 2.55. The molecule has 6 heteroatoms. The molecule has 3 rings (SSSR count). The first kappa shape index (κ1) is 26.4. The number of ether oxygens (including phenoxy) is 1. The van der Waals surface area contributed by atoms with Crippen LogP contribution in [0.3, 0.4) is 0 Å². The Kier molecular flexibility index (Phi) is 15.0. The van der Waals surface area contributed by atoms with Crippen LogP contribution in [0.2, 0.25) is 0 Å². The van der Waals surface area contributed by atoms with E-state index in [1.807, 2.05) is 42.5 Å². The van der Waals surface area contributed by atoms with Gasteiger partial charge in [0.15, 0.2) is 6.29 Å². The summed E-state index contributed by atoms with van der Waals surface area (Å²) in [7, 11) is 1.62. The number of aldehydes is 1. The van der Waals surface area contributed by atoms with Crippen LogP contribution in [0.4, 0.5) is 0 Å². The maximum atomic E-state index is 11.3. The molecule has 5 nitrogen and oxygen atoms in total. The topological polar surface area (TPSA) is 86.0 Å². The molecule has 134 valence electrons. The SMILES string of the molecule is COc1cccc(C=O)c1-c1cccc2ccccc12.[C-]#[O+].[C-]#[O+].[C-]#[O+].[Cr]. The molecule has 0 bridgehead atoms. The molecule has 0 amide bonds. The van der Waals surface area contributed by atoms with E-state index in [1.165, 1.54) is 0 Å². The Morgan fingerprint density at radius 2 is 1.37 bits per heavy atom. The van der Waals surface area contributed by atoms with E-state index < -0.39 is 0 Å². The molecule has 0 fully saturated rings. The van der Waals surface area contributed by atoms with Gasteiger partial charge in [0.1, 0.15) is 5.75 Å². The van der Waals surface area contributed by atoms with Gasteiger partial charge in [-0.1, -0.05) is 54.6 Å². The van der Waals surface area contributed by atoms with Gasteiger partial charge in [0.25, 0.3) is 0 Å². The Bertz CT molecular complexity index is 894. The van der Waals surface area contributed by atoms with E-state index >= 15 is 0 Å². The summed E-state index contributed by atoms with van der Waals surface area (Å²) in [6.45, 7) is 13.5. The summed E-state index contributed by atoms with van der Waals surface area (Å²) in [5.41, 5.74) is 2.50. The largest absolute Gasteiger partial charge is 0 e. The molecular formula is C21H14CrO5. The minimum absolute atomic E-state index is 0. The summed E-state index contributed by atoms with van der Waals surface area (Å²) in [4.78, 5) is 11.3. The number of carbonyl (C=O) groups excluding carboxylic acids is 1. The van der Waals surface area contributed by atoms with Crippen molar-refractivity contribution in [1.29, 1.82) is 0 Å². The smallest absolute Gasteiger partial charge is 0 e. The minimum atomic E-state index is 0. The van der Waals surface area contributed by atoms with Crippen LogP contribution in [0.25, 0.3) is 21.9 Å². The minimum Gasteiger partial charge on any atom is 0 e. The first-order chi connectivity index (χ1) is 12.8. The van der Waals surface area contributed by atoms with Crippen LogP contribution in [0.15, 0.2) is 60.7 Å². The summed E-state index contributed by atoms with van der Waals surface area (Å²) in [5, 5.41) is 2.26. The third-order valence-electron chi connectivity index (χ3n) is 3.46. The van der Waals surface area contributed by atoms with Crippen LogP contribution < -0.4 is 4.74 Å². The Hall–Kier alpha value is -2.86. The normalized spacial score (nSPS) is 7.96. The second-order valence-corrected chi connectivity index (χ2v) is 4.57. The average Bonchev–Trinajstić information content (AvgIpc) is 2.77. The second-order valence-electron chi connectivity index (χ2n) is 4.57. The zero-order valence-corrected chi connectivity index (χ0v) is 15.6. The maximum absolute atomic E-state index is 11.3. The number of benzene rings is 3. The van der Waals surface area contributed by atoms with E-state index in [-0.39, 0.29) is 17.4 Å². The van der Waals surface area contributed by atoms with Gasteiger partial charge in [0, 0.05) is 28.5 Å². The molecule has 27 heavy (non-hydrogen) atoms. The van der Waals surface area contributed by atoms with Gasteiger partial charge in [-0.15, -0.1) is 0 Å². The van der Waals surface area contributed by atoms with Gasteiger partial charge in [-0.05, 0) is 22.4 Å². The van der Waals surface area contributed by atoms with Crippen LogP contribution in [0.5, 0.6) is 5.75 Å². The van der Waals surface area contributed by atoms with Crippen molar-refractivity contribution in [1.82, 2.24) is 0 Å². The fraction of sp³-hybridized carbons (Fsp3) is 0.0476. The van der Waals surface area contributed by atoms with Crippen LogP contribution in [0.1, 0.15) is 10.4 Å². The second kappa shape index (κ2) is 15.4. The molecule has 3 aromatic rings. The Morgan fingerprint density at radius 3 is 1.96 bits per heavy atom.